The van der Waals surface area contributed by atoms with Gasteiger partial charge in [0.25, 0.3) is 0 Å². The van der Waals surface area contributed by atoms with Crippen LogP contribution in [0.3, 0.4) is 0 Å². The Morgan fingerprint density at radius 2 is 2.00 bits per heavy atom. The Labute approximate surface area is 125 Å². The number of nitrogens with two attached hydrogens (primary N) is 1. The van der Waals surface area contributed by atoms with E-state index in [1.807, 2.05) is 6.07 Å². The van der Waals surface area contributed by atoms with Crippen LogP contribution in [0, 0.1) is 6.92 Å². The van der Waals surface area contributed by atoms with Crippen molar-refractivity contribution in [2.75, 3.05) is 26.7 Å². The molecule has 116 valence electrons. The van der Waals surface area contributed by atoms with Crippen LogP contribution in [0.15, 0.2) is 23.1 Å². The largest absolute Gasteiger partial charge is 0.345 e. The summed E-state index contributed by atoms with van der Waals surface area (Å²) in [5.74, 6) is -0.177. The van der Waals surface area contributed by atoms with Crippen LogP contribution in [-0.4, -0.2) is 50.2 Å². The average molecular weight is 311 g/mol. The van der Waals surface area contributed by atoms with E-state index in [9.17, 15) is 13.2 Å². The fraction of sp³-hybridized carbons (Fsp3) is 0.500. The Morgan fingerprint density at radius 3 is 2.67 bits per heavy atom. The maximum absolute atomic E-state index is 12.8. The molecule has 0 saturated carbocycles. The molecule has 1 amide bonds. The molecule has 1 aromatic carbocycles. The molecule has 1 aliphatic rings. The summed E-state index contributed by atoms with van der Waals surface area (Å²) in [5.41, 5.74) is 7.01. The molecule has 0 bridgehead atoms. The molecular formula is C14H21N3O3S. The lowest BCUT2D eigenvalue weighted by molar-refractivity contribution is -0.129. The minimum atomic E-state index is -3.67. The lowest BCUT2D eigenvalue weighted by Crippen LogP contribution is -2.38. The van der Waals surface area contributed by atoms with Crippen LogP contribution in [0.1, 0.15) is 17.5 Å². The van der Waals surface area contributed by atoms with E-state index in [1.54, 1.807) is 31.0 Å². The number of amides is 1. The predicted octanol–water partition coefficient (Wildman–Crippen LogP) is 0.307. The first-order valence-electron chi connectivity index (χ1n) is 6.90. The summed E-state index contributed by atoms with van der Waals surface area (Å²) in [6, 6.07) is 5.17. The van der Waals surface area contributed by atoms with Crippen molar-refractivity contribution >= 4 is 15.9 Å². The molecule has 0 unspecified atom stereocenters. The lowest BCUT2D eigenvalue weighted by atomic mass is 10.1. The van der Waals surface area contributed by atoms with Crippen molar-refractivity contribution < 1.29 is 13.2 Å². The fourth-order valence-electron chi connectivity index (χ4n) is 2.35. The quantitative estimate of drug-likeness (QED) is 0.870. The molecule has 7 heteroatoms. The first-order valence-corrected chi connectivity index (χ1v) is 8.34. The molecular weight excluding hydrogens is 290 g/mol. The van der Waals surface area contributed by atoms with Gasteiger partial charge in [-0.1, -0.05) is 12.1 Å². The summed E-state index contributed by atoms with van der Waals surface area (Å²) in [5, 5.41) is 0. The molecule has 0 radical (unpaired) electrons. The third-order valence-electron chi connectivity index (χ3n) is 3.74. The van der Waals surface area contributed by atoms with Crippen LogP contribution < -0.4 is 5.73 Å². The molecule has 2 N–H and O–H groups in total. The molecule has 1 aromatic rings. The summed E-state index contributed by atoms with van der Waals surface area (Å²) in [6.07, 6.45) is 0.636. The number of aryl methyl sites for hydroxylation is 1. The van der Waals surface area contributed by atoms with Crippen molar-refractivity contribution in [2.24, 2.45) is 5.73 Å². The predicted molar refractivity (Wildman–Crippen MR) is 80.1 cm³/mol. The Balaban J connectivity index is 2.39. The van der Waals surface area contributed by atoms with Crippen LogP contribution >= 0.6 is 0 Å². The van der Waals surface area contributed by atoms with Gasteiger partial charge in [-0.25, -0.2) is 8.42 Å². The van der Waals surface area contributed by atoms with Gasteiger partial charge in [0.15, 0.2) is 0 Å². The monoisotopic (exact) mass is 311 g/mol. The maximum Gasteiger partial charge on any atom is 0.243 e. The Hall–Kier alpha value is -1.44. The molecule has 1 fully saturated rings. The molecule has 0 spiro atoms. The average Bonchev–Trinajstić information content (AvgIpc) is 2.62. The topological polar surface area (TPSA) is 83.7 Å². The van der Waals surface area contributed by atoms with E-state index in [0.717, 1.165) is 5.56 Å². The van der Waals surface area contributed by atoms with E-state index in [0.29, 0.717) is 25.1 Å². The van der Waals surface area contributed by atoms with Crippen molar-refractivity contribution in [1.82, 2.24) is 9.21 Å². The summed E-state index contributed by atoms with van der Waals surface area (Å²) >= 11 is 0. The molecule has 6 nitrogen and oxygen atoms in total. The Bertz CT molecular complexity index is 643. The van der Waals surface area contributed by atoms with Crippen LogP contribution in [0.2, 0.25) is 0 Å². The Kier molecular flexibility index (Phi) is 4.65. The molecule has 1 aliphatic heterocycles. The van der Waals surface area contributed by atoms with Gasteiger partial charge < -0.3 is 10.6 Å². The second kappa shape index (κ2) is 6.13. The van der Waals surface area contributed by atoms with E-state index in [4.69, 9.17) is 5.73 Å². The highest BCUT2D eigenvalue weighted by Crippen LogP contribution is 2.22. The molecule has 0 aliphatic carbocycles. The van der Waals surface area contributed by atoms with Gasteiger partial charge in [0.1, 0.15) is 0 Å². The molecule has 0 atom stereocenters. The maximum atomic E-state index is 12.8. The zero-order chi connectivity index (χ0) is 15.6. The SMILES string of the molecule is Cc1ccc(CN)cc1S(=O)(=O)N1CCCN(C)C(=O)C1. The third-order valence-corrected chi connectivity index (χ3v) is 5.73. The van der Waals surface area contributed by atoms with Gasteiger partial charge >= 0.3 is 0 Å². The second-order valence-corrected chi connectivity index (χ2v) is 7.22. The van der Waals surface area contributed by atoms with Gasteiger partial charge in [-0.3, -0.25) is 4.79 Å². The van der Waals surface area contributed by atoms with Crippen LogP contribution in [0.4, 0.5) is 0 Å². The van der Waals surface area contributed by atoms with E-state index < -0.39 is 10.0 Å². The van der Waals surface area contributed by atoms with Gasteiger partial charge in [0.2, 0.25) is 15.9 Å². The van der Waals surface area contributed by atoms with Crippen molar-refractivity contribution in [1.29, 1.82) is 0 Å². The highest BCUT2D eigenvalue weighted by molar-refractivity contribution is 7.89. The highest BCUT2D eigenvalue weighted by Gasteiger charge is 2.30. The standard InChI is InChI=1S/C14H21N3O3S/c1-11-4-5-12(9-15)8-13(11)21(19,20)17-7-3-6-16(2)14(18)10-17/h4-5,8H,3,6-7,9-10,15H2,1-2H3. The summed E-state index contributed by atoms with van der Waals surface area (Å²) in [7, 11) is -1.98. The Morgan fingerprint density at radius 1 is 1.29 bits per heavy atom. The van der Waals surface area contributed by atoms with Crippen molar-refractivity contribution in [3.8, 4) is 0 Å². The number of benzene rings is 1. The van der Waals surface area contributed by atoms with Crippen molar-refractivity contribution in [2.45, 2.75) is 24.8 Å². The minimum Gasteiger partial charge on any atom is -0.345 e. The van der Waals surface area contributed by atoms with Gasteiger partial charge in [0, 0.05) is 26.7 Å². The number of nitrogens with zero attached hydrogens (tertiary/aromatic N) is 2. The van der Waals surface area contributed by atoms with Gasteiger partial charge in [-0.15, -0.1) is 0 Å². The number of hydrogen-bond acceptors (Lipinski definition) is 4. The summed E-state index contributed by atoms with van der Waals surface area (Å²) < 4.78 is 26.9. The first-order chi connectivity index (χ1) is 9.86. The van der Waals surface area contributed by atoms with E-state index in [-0.39, 0.29) is 23.9 Å². The molecule has 21 heavy (non-hydrogen) atoms. The zero-order valence-corrected chi connectivity index (χ0v) is 13.2. The molecule has 1 heterocycles. The van der Waals surface area contributed by atoms with Crippen LogP contribution in [-0.2, 0) is 21.4 Å². The highest BCUT2D eigenvalue weighted by atomic mass is 32.2. The van der Waals surface area contributed by atoms with Crippen molar-refractivity contribution in [3.63, 3.8) is 0 Å². The van der Waals surface area contributed by atoms with Crippen molar-refractivity contribution in [3.05, 3.63) is 29.3 Å². The number of rotatable bonds is 3. The second-order valence-electron chi connectivity index (χ2n) is 5.31. The third kappa shape index (κ3) is 3.25. The normalized spacial score (nSPS) is 17.9. The van der Waals surface area contributed by atoms with Gasteiger partial charge in [-0.2, -0.15) is 4.31 Å². The van der Waals surface area contributed by atoms with E-state index in [2.05, 4.69) is 0 Å². The number of sulfonamides is 1. The van der Waals surface area contributed by atoms with Crippen LogP contribution in [0.5, 0.6) is 0 Å². The summed E-state index contributed by atoms with van der Waals surface area (Å²) in [6.45, 7) is 2.85. The number of hydrogen-bond donors (Lipinski definition) is 1. The molecule has 2 rings (SSSR count). The van der Waals surface area contributed by atoms with Gasteiger partial charge in [0.05, 0.1) is 11.4 Å². The lowest BCUT2D eigenvalue weighted by Gasteiger charge is -2.21. The molecule has 0 aromatic heterocycles. The van der Waals surface area contributed by atoms with E-state index >= 15 is 0 Å². The summed E-state index contributed by atoms with van der Waals surface area (Å²) in [4.78, 5) is 13.7. The first kappa shape index (κ1) is 15.9. The van der Waals surface area contributed by atoms with E-state index in [1.165, 1.54) is 4.31 Å². The fourth-order valence-corrected chi connectivity index (χ4v) is 4.06. The molecule has 1 saturated heterocycles. The minimum absolute atomic E-state index is 0.106. The number of likely N-dealkylation sites (N-methyl/N-ethyl adjacent to an activating group) is 1. The number of carbonyl (C=O) groups excluding carboxylic acids is 1. The van der Waals surface area contributed by atoms with Crippen LogP contribution in [0.25, 0.3) is 0 Å². The zero-order valence-electron chi connectivity index (χ0n) is 12.4. The smallest absolute Gasteiger partial charge is 0.243 e. The number of carbonyl (C=O) groups is 1. The van der Waals surface area contributed by atoms with Gasteiger partial charge in [-0.05, 0) is 30.5 Å².